The van der Waals surface area contributed by atoms with Crippen molar-refractivity contribution in [3.05, 3.63) is 87.9 Å². The van der Waals surface area contributed by atoms with Crippen LogP contribution in [0.4, 0.5) is 0 Å². The van der Waals surface area contributed by atoms with Gasteiger partial charge < -0.3 is 15.0 Å². The molecule has 1 atom stereocenters. The largest absolute Gasteiger partial charge is 0.352 e. The maximum atomic E-state index is 13.0. The lowest BCUT2D eigenvalue weighted by Crippen LogP contribution is -2.45. The molecular weight excluding hydrogens is 410 g/mol. The number of hydrogen-bond donors (Lipinski definition) is 1. The highest BCUT2D eigenvalue weighted by atomic mass is 32.1. The number of nitrogens with one attached hydrogen (secondary N) is 1. The SMILES string of the molecule is O=C(NCc1cccnc1)C1OC2(CCN(C(=O)c3cccs3)CC2)c2ccccc21. The van der Waals surface area contributed by atoms with Gasteiger partial charge in [0.25, 0.3) is 11.8 Å². The van der Waals surface area contributed by atoms with Gasteiger partial charge in [-0.15, -0.1) is 11.3 Å². The maximum Gasteiger partial charge on any atom is 0.263 e. The van der Waals surface area contributed by atoms with Crippen molar-refractivity contribution in [2.45, 2.75) is 31.1 Å². The molecule has 3 aromatic rings. The summed E-state index contributed by atoms with van der Waals surface area (Å²) in [5, 5.41) is 4.90. The zero-order valence-electron chi connectivity index (χ0n) is 17.0. The van der Waals surface area contributed by atoms with Crippen LogP contribution in [0.2, 0.25) is 0 Å². The molecule has 0 radical (unpaired) electrons. The van der Waals surface area contributed by atoms with Crippen LogP contribution >= 0.6 is 11.3 Å². The third kappa shape index (κ3) is 3.75. The van der Waals surface area contributed by atoms with Gasteiger partial charge >= 0.3 is 0 Å². The fourth-order valence-corrected chi connectivity index (χ4v) is 5.18. The Hall–Kier alpha value is -3.03. The third-order valence-corrected chi connectivity index (χ3v) is 6.95. The number of likely N-dealkylation sites (tertiary alicyclic amines) is 1. The minimum Gasteiger partial charge on any atom is -0.352 e. The van der Waals surface area contributed by atoms with Gasteiger partial charge in [-0.1, -0.05) is 36.4 Å². The summed E-state index contributed by atoms with van der Waals surface area (Å²) in [5.74, 6) is -0.0767. The molecule has 1 saturated heterocycles. The Labute approximate surface area is 184 Å². The molecule has 6 nitrogen and oxygen atoms in total. The first-order valence-corrected chi connectivity index (χ1v) is 11.3. The zero-order valence-corrected chi connectivity index (χ0v) is 17.8. The van der Waals surface area contributed by atoms with Crippen molar-refractivity contribution < 1.29 is 14.3 Å². The highest BCUT2D eigenvalue weighted by molar-refractivity contribution is 7.12. The fraction of sp³-hybridized carbons (Fsp3) is 0.292. The number of nitrogens with zero attached hydrogens (tertiary/aromatic N) is 2. The van der Waals surface area contributed by atoms with E-state index in [1.807, 2.05) is 52.7 Å². The second-order valence-corrected chi connectivity index (χ2v) is 8.88. The van der Waals surface area contributed by atoms with E-state index in [1.165, 1.54) is 11.3 Å². The summed E-state index contributed by atoms with van der Waals surface area (Å²) in [6, 6.07) is 15.5. The molecular formula is C24H23N3O3S. The first-order valence-electron chi connectivity index (χ1n) is 10.4. The van der Waals surface area contributed by atoms with E-state index >= 15 is 0 Å². The number of thiophene rings is 1. The molecule has 2 aromatic heterocycles. The lowest BCUT2D eigenvalue weighted by Gasteiger charge is -2.39. The van der Waals surface area contributed by atoms with Crippen molar-refractivity contribution in [1.82, 2.24) is 15.2 Å². The monoisotopic (exact) mass is 433 g/mol. The van der Waals surface area contributed by atoms with E-state index in [2.05, 4.69) is 16.4 Å². The van der Waals surface area contributed by atoms with E-state index < -0.39 is 11.7 Å². The Morgan fingerprint density at radius 1 is 1.13 bits per heavy atom. The van der Waals surface area contributed by atoms with Gasteiger partial charge in [0.1, 0.15) is 0 Å². The molecule has 0 aliphatic carbocycles. The summed E-state index contributed by atoms with van der Waals surface area (Å²) in [5.41, 5.74) is 2.40. The van der Waals surface area contributed by atoms with Gasteiger partial charge in [0, 0.05) is 32.0 Å². The first kappa shape index (κ1) is 19.9. The van der Waals surface area contributed by atoms with Crippen LogP contribution in [0.3, 0.4) is 0 Å². The Kier molecular flexibility index (Phi) is 5.29. The van der Waals surface area contributed by atoms with E-state index in [0.29, 0.717) is 32.5 Å². The average Bonchev–Trinajstić information content (AvgIpc) is 3.46. The van der Waals surface area contributed by atoms with Crippen molar-refractivity contribution in [1.29, 1.82) is 0 Å². The van der Waals surface area contributed by atoms with Gasteiger partial charge in [0.05, 0.1) is 10.5 Å². The lowest BCUT2D eigenvalue weighted by molar-refractivity contribution is -0.150. The van der Waals surface area contributed by atoms with Gasteiger partial charge in [0.2, 0.25) is 0 Å². The normalized spacial score (nSPS) is 19.2. The van der Waals surface area contributed by atoms with Crippen LogP contribution in [-0.2, 0) is 21.7 Å². The third-order valence-electron chi connectivity index (χ3n) is 6.10. The standard InChI is InChI=1S/C24H23N3O3S/c28-22(26-16-17-5-3-11-25-15-17)21-18-6-1-2-7-19(18)24(30-21)9-12-27(13-10-24)23(29)20-8-4-14-31-20/h1-8,11,14-15,21H,9-10,12-13,16H2,(H,26,28). The highest BCUT2D eigenvalue weighted by Gasteiger charge is 2.49. The molecule has 0 bridgehead atoms. The number of piperidine rings is 1. The van der Waals surface area contributed by atoms with Gasteiger partial charge in [-0.3, -0.25) is 14.6 Å². The van der Waals surface area contributed by atoms with E-state index in [-0.39, 0.29) is 11.8 Å². The van der Waals surface area contributed by atoms with E-state index in [4.69, 9.17) is 4.74 Å². The quantitative estimate of drug-likeness (QED) is 0.682. The topological polar surface area (TPSA) is 71.5 Å². The van der Waals surface area contributed by atoms with E-state index in [1.54, 1.807) is 12.4 Å². The van der Waals surface area contributed by atoms with Gasteiger partial charge in [-0.25, -0.2) is 0 Å². The molecule has 2 amide bonds. The smallest absolute Gasteiger partial charge is 0.263 e. The van der Waals surface area contributed by atoms with Crippen LogP contribution < -0.4 is 5.32 Å². The second-order valence-electron chi connectivity index (χ2n) is 7.93. The average molecular weight is 434 g/mol. The summed E-state index contributed by atoms with van der Waals surface area (Å²) >= 11 is 1.47. The number of amides is 2. The van der Waals surface area contributed by atoms with Crippen LogP contribution in [0, 0.1) is 0 Å². The second kappa shape index (κ2) is 8.24. The molecule has 0 saturated carbocycles. The van der Waals surface area contributed by atoms with Crippen molar-refractivity contribution >= 4 is 23.2 Å². The number of fused-ring (bicyclic) bond motifs is 2. The number of benzene rings is 1. The number of carbonyl (C=O) groups is 2. The van der Waals surface area contributed by atoms with Crippen molar-refractivity contribution in [2.24, 2.45) is 0 Å². The summed E-state index contributed by atoms with van der Waals surface area (Å²) in [7, 11) is 0. The van der Waals surface area contributed by atoms with Crippen molar-refractivity contribution in [3.63, 3.8) is 0 Å². The molecule has 2 aliphatic rings. The summed E-state index contributed by atoms with van der Waals surface area (Å²) in [6.45, 7) is 1.62. The first-order chi connectivity index (χ1) is 15.2. The molecule has 1 unspecified atom stereocenters. The molecule has 5 rings (SSSR count). The van der Waals surface area contributed by atoms with Crippen LogP contribution in [0.25, 0.3) is 0 Å². The van der Waals surface area contributed by atoms with Crippen LogP contribution in [0.1, 0.15) is 45.3 Å². The fourth-order valence-electron chi connectivity index (χ4n) is 4.49. The lowest BCUT2D eigenvalue weighted by atomic mass is 9.83. The molecule has 1 fully saturated rings. The van der Waals surface area contributed by atoms with Crippen LogP contribution in [-0.4, -0.2) is 34.8 Å². The summed E-state index contributed by atoms with van der Waals surface area (Å²) in [6.07, 6.45) is 4.15. The number of carbonyl (C=O) groups excluding carboxylic acids is 2. The number of rotatable bonds is 4. The maximum absolute atomic E-state index is 13.0. The summed E-state index contributed by atoms with van der Waals surface area (Å²) in [4.78, 5) is 32.5. The predicted molar refractivity (Wildman–Crippen MR) is 117 cm³/mol. The minimum absolute atomic E-state index is 0.0712. The van der Waals surface area contributed by atoms with Crippen LogP contribution in [0.5, 0.6) is 0 Å². The van der Waals surface area contributed by atoms with Crippen molar-refractivity contribution in [3.8, 4) is 0 Å². The van der Waals surface area contributed by atoms with E-state index in [9.17, 15) is 9.59 Å². The number of pyridine rings is 1. The van der Waals surface area contributed by atoms with Gasteiger partial charge in [0.15, 0.2) is 6.10 Å². The molecule has 1 N–H and O–H groups in total. The predicted octanol–water partition coefficient (Wildman–Crippen LogP) is 3.66. The Balaban J connectivity index is 1.31. The Morgan fingerprint density at radius 3 is 2.71 bits per heavy atom. The number of aromatic nitrogens is 1. The minimum atomic E-state index is -0.646. The molecule has 1 aromatic carbocycles. The van der Waals surface area contributed by atoms with Crippen molar-refractivity contribution in [2.75, 3.05) is 13.1 Å². The Bertz CT molecular complexity index is 1080. The number of ether oxygens (including phenoxy) is 1. The van der Waals surface area contributed by atoms with Gasteiger partial charge in [-0.05, 0) is 47.0 Å². The van der Waals surface area contributed by atoms with Crippen LogP contribution in [0.15, 0.2) is 66.3 Å². The van der Waals surface area contributed by atoms with Gasteiger partial charge in [-0.2, -0.15) is 0 Å². The Morgan fingerprint density at radius 2 is 1.97 bits per heavy atom. The molecule has 158 valence electrons. The summed E-state index contributed by atoms with van der Waals surface area (Å²) < 4.78 is 6.47. The zero-order chi connectivity index (χ0) is 21.3. The molecule has 7 heteroatoms. The number of hydrogen-bond acceptors (Lipinski definition) is 5. The molecule has 1 spiro atoms. The molecule has 4 heterocycles. The molecule has 2 aliphatic heterocycles. The van der Waals surface area contributed by atoms with E-state index in [0.717, 1.165) is 21.6 Å². The molecule has 31 heavy (non-hydrogen) atoms. The highest BCUT2D eigenvalue weighted by Crippen LogP contribution is 2.49.